The molecule has 0 aromatic rings. The quantitative estimate of drug-likeness (QED) is 0.546. The first-order chi connectivity index (χ1) is 6.16. The summed E-state index contributed by atoms with van der Waals surface area (Å²) >= 11 is 0. The topological polar surface area (TPSA) is 74.6 Å². The lowest BCUT2D eigenvalue weighted by Crippen LogP contribution is -2.32. The molecular weight excluding hydrogens is 200 g/mol. The maximum Gasteiger partial charge on any atom is 0.317 e. The number of hydrogen-bond donors (Lipinski definition) is 2. The molecule has 14 heavy (non-hydrogen) atoms. The van der Waals surface area contributed by atoms with Crippen LogP contribution in [0.5, 0.6) is 0 Å². The van der Waals surface area contributed by atoms with Crippen molar-refractivity contribution in [1.29, 1.82) is 0 Å². The third-order valence-electron chi connectivity index (χ3n) is 2.66. The van der Waals surface area contributed by atoms with E-state index in [0.717, 1.165) is 0 Å². The molecule has 1 atom stereocenters. The van der Waals surface area contributed by atoms with Crippen molar-refractivity contribution >= 4 is 20.0 Å². The average Bonchev–Trinajstić information content (AvgIpc) is 1.96. The van der Waals surface area contributed by atoms with Crippen LogP contribution in [0.15, 0.2) is 0 Å². The molecule has 0 aliphatic carbocycles. The summed E-state index contributed by atoms with van der Waals surface area (Å²) < 4.78 is 0. The molecule has 0 rings (SSSR count). The van der Waals surface area contributed by atoms with Gasteiger partial charge in [0.05, 0.1) is 0 Å². The molecule has 0 amide bonds. The van der Waals surface area contributed by atoms with Gasteiger partial charge in [-0.05, 0) is 12.0 Å². The van der Waals surface area contributed by atoms with Gasteiger partial charge in [0, 0.05) is 8.07 Å². The summed E-state index contributed by atoms with van der Waals surface area (Å²) in [5, 5.41) is 17.4. The molecule has 0 aromatic carbocycles. The minimum atomic E-state index is -1.44. The van der Waals surface area contributed by atoms with Crippen LogP contribution >= 0.6 is 0 Å². The molecule has 0 aliphatic rings. The van der Waals surface area contributed by atoms with Crippen LogP contribution in [-0.2, 0) is 9.59 Å². The predicted molar refractivity (Wildman–Crippen MR) is 56.1 cm³/mol. The number of aliphatic carboxylic acids is 2. The van der Waals surface area contributed by atoms with Crippen LogP contribution in [0.2, 0.25) is 25.2 Å². The largest absolute Gasteiger partial charge is 0.481 e. The van der Waals surface area contributed by atoms with E-state index >= 15 is 0 Å². The second-order valence-corrected chi connectivity index (χ2v) is 10.4. The van der Waals surface area contributed by atoms with Crippen LogP contribution in [0.4, 0.5) is 0 Å². The van der Waals surface area contributed by atoms with Gasteiger partial charge in [0.1, 0.15) is 0 Å². The standard InChI is InChI=1S/C9H18O4Si/c1-6(14(2,3)4)5-7(8(10)11)9(12)13/h6-7H,5H2,1-4H3,(H,10,11)(H,12,13). The van der Waals surface area contributed by atoms with Crippen molar-refractivity contribution in [3.8, 4) is 0 Å². The summed E-state index contributed by atoms with van der Waals surface area (Å²) in [6.45, 7) is 8.26. The van der Waals surface area contributed by atoms with Crippen molar-refractivity contribution in [2.24, 2.45) is 5.92 Å². The Morgan fingerprint density at radius 1 is 1.14 bits per heavy atom. The van der Waals surface area contributed by atoms with Gasteiger partial charge in [0.15, 0.2) is 5.92 Å². The van der Waals surface area contributed by atoms with Gasteiger partial charge in [-0.1, -0.05) is 26.6 Å². The Morgan fingerprint density at radius 2 is 1.50 bits per heavy atom. The molecule has 5 heteroatoms. The molecule has 0 fully saturated rings. The maximum absolute atomic E-state index is 10.6. The lowest BCUT2D eigenvalue weighted by atomic mass is 10.0. The van der Waals surface area contributed by atoms with Crippen LogP contribution < -0.4 is 0 Å². The zero-order chi connectivity index (χ0) is 11.5. The first-order valence-electron chi connectivity index (χ1n) is 4.62. The smallest absolute Gasteiger partial charge is 0.317 e. The fraction of sp³-hybridized carbons (Fsp3) is 0.778. The van der Waals surface area contributed by atoms with Crippen molar-refractivity contribution in [2.75, 3.05) is 0 Å². The van der Waals surface area contributed by atoms with Crippen LogP contribution in [0, 0.1) is 5.92 Å². The number of carboxylic acid groups (broad SMARTS) is 2. The summed E-state index contributed by atoms with van der Waals surface area (Å²) in [5.41, 5.74) is 0.194. The highest BCUT2D eigenvalue weighted by Gasteiger charge is 2.32. The molecule has 1 unspecified atom stereocenters. The van der Waals surface area contributed by atoms with Crippen molar-refractivity contribution in [2.45, 2.75) is 38.5 Å². The van der Waals surface area contributed by atoms with E-state index in [9.17, 15) is 9.59 Å². The summed E-state index contributed by atoms with van der Waals surface area (Å²) in [7, 11) is -1.44. The zero-order valence-electron chi connectivity index (χ0n) is 9.07. The molecule has 0 spiro atoms. The van der Waals surface area contributed by atoms with Gasteiger partial charge in [-0.25, -0.2) is 0 Å². The summed E-state index contributed by atoms with van der Waals surface area (Å²) in [6, 6.07) is 0. The van der Waals surface area contributed by atoms with Crippen molar-refractivity contribution in [3.05, 3.63) is 0 Å². The minimum Gasteiger partial charge on any atom is -0.481 e. The molecule has 0 bridgehead atoms. The van der Waals surface area contributed by atoms with Crippen LogP contribution in [-0.4, -0.2) is 30.2 Å². The van der Waals surface area contributed by atoms with Gasteiger partial charge >= 0.3 is 11.9 Å². The Kier molecular flexibility index (Phi) is 4.31. The van der Waals surface area contributed by atoms with E-state index in [2.05, 4.69) is 19.6 Å². The van der Waals surface area contributed by atoms with E-state index < -0.39 is 25.9 Å². The summed E-state index contributed by atoms with van der Waals surface area (Å²) in [6.07, 6.45) is 0.236. The lowest BCUT2D eigenvalue weighted by molar-refractivity contribution is -0.154. The molecule has 2 N–H and O–H groups in total. The van der Waals surface area contributed by atoms with E-state index in [1.165, 1.54) is 0 Å². The van der Waals surface area contributed by atoms with Gasteiger partial charge in [-0.3, -0.25) is 9.59 Å². The number of hydrogen-bond acceptors (Lipinski definition) is 2. The highest BCUT2D eigenvalue weighted by molar-refractivity contribution is 6.77. The van der Waals surface area contributed by atoms with E-state index in [1.54, 1.807) is 0 Å². The van der Waals surface area contributed by atoms with Crippen LogP contribution in [0.3, 0.4) is 0 Å². The van der Waals surface area contributed by atoms with E-state index in [-0.39, 0.29) is 12.0 Å². The molecule has 0 saturated carbocycles. The third kappa shape index (κ3) is 3.91. The first kappa shape index (κ1) is 13.2. The van der Waals surface area contributed by atoms with Gasteiger partial charge in [0.25, 0.3) is 0 Å². The van der Waals surface area contributed by atoms with E-state index in [1.807, 2.05) is 6.92 Å². The molecule has 0 saturated heterocycles. The monoisotopic (exact) mass is 218 g/mol. The Balaban J connectivity index is 4.47. The number of carboxylic acids is 2. The van der Waals surface area contributed by atoms with Gasteiger partial charge in [0.2, 0.25) is 0 Å². The Bertz CT molecular complexity index is 217. The van der Waals surface area contributed by atoms with Gasteiger partial charge in [-0.2, -0.15) is 0 Å². The maximum atomic E-state index is 10.6. The highest BCUT2D eigenvalue weighted by Crippen LogP contribution is 2.28. The van der Waals surface area contributed by atoms with Crippen LogP contribution in [0.1, 0.15) is 13.3 Å². The predicted octanol–water partition coefficient (Wildman–Crippen LogP) is 1.89. The normalized spacial score (nSPS) is 14.1. The van der Waals surface area contributed by atoms with Crippen molar-refractivity contribution < 1.29 is 19.8 Å². The summed E-state index contributed by atoms with van der Waals surface area (Å²) in [5.74, 6) is -3.72. The SMILES string of the molecule is CC(CC(C(=O)O)C(=O)O)[Si](C)(C)C. The average molecular weight is 218 g/mol. The Hall–Kier alpha value is -0.843. The number of rotatable bonds is 5. The van der Waals surface area contributed by atoms with Crippen molar-refractivity contribution in [1.82, 2.24) is 0 Å². The molecule has 0 aromatic heterocycles. The fourth-order valence-corrected chi connectivity index (χ4v) is 1.96. The van der Waals surface area contributed by atoms with Crippen molar-refractivity contribution in [3.63, 3.8) is 0 Å². The van der Waals surface area contributed by atoms with E-state index in [4.69, 9.17) is 10.2 Å². The minimum absolute atomic E-state index is 0.194. The second kappa shape index (κ2) is 4.59. The van der Waals surface area contributed by atoms with Gasteiger partial charge in [-0.15, -0.1) is 0 Å². The number of carbonyl (C=O) groups is 2. The Labute approximate surface area is 85.0 Å². The molecule has 0 radical (unpaired) electrons. The molecule has 4 nitrogen and oxygen atoms in total. The highest BCUT2D eigenvalue weighted by atomic mass is 28.3. The molecular formula is C9H18O4Si. The van der Waals surface area contributed by atoms with Crippen LogP contribution in [0.25, 0.3) is 0 Å². The Morgan fingerprint density at radius 3 is 1.71 bits per heavy atom. The first-order valence-corrected chi connectivity index (χ1v) is 8.19. The van der Waals surface area contributed by atoms with E-state index in [0.29, 0.717) is 0 Å². The fourth-order valence-electron chi connectivity index (χ4n) is 1.01. The van der Waals surface area contributed by atoms with Gasteiger partial charge < -0.3 is 10.2 Å². The molecule has 0 aliphatic heterocycles. The summed E-state index contributed by atoms with van der Waals surface area (Å²) in [4.78, 5) is 21.3. The molecule has 0 heterocycles. The lowest BCUT2D eigenvalue weighted by Gasteiger charge is -2.26. The molecule has 82 valence electrons. The third-order valence-corrected chi connectivity index (χ3v) is 5.86. The second-order valence-electron chi connectivity index (χ2n) is 4.73. The zero-order valence-corrected chi connectivity index (χ0v) is 10.1.